The second kappa shape index (κ2) is 6.69. The molecule has 0 aliphatic rings. The monoisotopic (exact) mass is 369 g/mol. The maximum absolute atomic E-state index is 11.0. The highest BCUT2D eigenvalue weighted by Gasteiger charge is 2.15. The Morgan fingerprint density at radius 1 is 1.29 bits per heavy atom. The summed E-state index contributed by atoms with van der Waals surface area (Å²) >= 11 is 8.97. The molecule has 0 aliphatic carbocycles. The Balaban J connectivity index is 2.24. The van der Waals surface area contributed by atoms with Crippen molar-refractivity contribution in [2.75, 3.05) is 0 Å². The molecular weight excluding hydrogens is 362 g/mol. The van der Waals surface area contributed by atoms with E-state index in [0.717, 1.165) is 0 Å². The molecule has 0 radical (unpaired) electrons. The van der Waals surface area contributed by atoms with Gasteiger partial charge in [0.2, 0.25) is 0 Å². The first-order valence-electron chi connectivity index (χ1n) is 5.81. The van der Waals surface area contributed by atoms with E-state index in [1.165, 1.54) is 12.1 Å². The van der Waals surface area contributed by atoms with E-state index in [1.807, 2.05) is 0 Å². The van der Waals surface area contributed by atoms with E-state index in [0.29, 0.717) is 32.7 Å². The third kappa shape index (κ3) is 3.80. The summed E-state index contributed by atoms with van der Waals surface area (Å²) in [5, 5.41) is 11.4. The largest absolute Gasteiger partial charge is 0.488 e. The molecule has 0 N–H and O–H groups in total. The third-order valence-electron chi connectivity index (χ3n) is 2.73. The van der Waals surface area contributed by atoms with Crippen LogP contribution in [0.15, 0.2) is 40.9 Å². The quantitative estimate of drug-likeness (QED) is 0.444. The van der Waals surface area contributed by atoms with E-state index in [4.69, 9.17) is 16.3 Å². The Kier molecular flexibility index (Phi) is 4.93. The SMILES string of the molecule is O=Cc1cc(Cl)ccc1OCc1ccc(Br)cc1[N+](=O)[O-]. The van der Waals surface area contributed by atoms with Crippen LogP contribution in [0.5, 0.6) is 5.75 Å². The number of nitro groups is 1. The fourth-order valence-electron chi connectivity index (χ4n) is 1.73. The van der Waals surface area contributed by atoms with Crippen LogP contribution in [0.3, 0.4) is 0 Å². The maximum Gasteiger partial charge on any atom is 0.277 e. The van der Waals surface area contributed by atoms with Gasteiger partial charge in [0.15, 0.2) is 6.29 Å². The van der Waals surface area contributed by atoms with E-state index >= 15 is 0 Å². The van der Waals surface area contributed by atoms with Gasteiger partial charge >= 0.3 is 0 Å². The molecule has 2 rings (SSSR count). The van der Waals surface area contributed by atoms with Crippen molar-refractivity contribution in [1.82, 2.24) is 0 Å². The van der Waals surface area contributed by atoms with Crippen molar-refractivity contribution in [3.63, 3.8) is 0 Å². The van der Waals surface area contributed by atoms with Crippen LogP contribution in [-0.2, 0) is 6.61 Å². The lowest BCUT2D eigenvalue weighted by molar-refractivity contribution is -0.385. The zero-order valence-corrected chi connectivity index (χ0v) is 12.9. The predicted molar refractivity (Wildman–Crippen MR) is 82.0 cm³/mol. The van der Waals surface area contributed by atoms with Gasteiger partial charge in [-0.3, -0.25) is 14.9 Å². The molecule has 0 spiro atoms. The number of carbonyl (C=O) groups excluding carboxylic acids is 1. The van der Waals surface area contributed by atoms with Crippen LogP contribution in [0, 0.1) is 10.1 Å². The summed E-state index contributed by atoms with van der Waals surface area (Å²) in [6.45, 7) is -0.0218. The van der Waals surface area contributed by atoms with Crippen molar-refractivity contribution in [3.8, 4) is 5.75 Å². The van der Waals surface area contributed by atoms with Crippen LogP contribution in [-0.4, -0.2) is 11.2 Å². The number of aldehydes is 1. The number of benzene rings is 2. The summed E-state index contributed by atoms with van der Waals surface area (Å²) < 4.78 is 6.10. The van der Waals surface area contributed by atoms with Gasteiger partial charge in [-0.25, -0.2) is 0 Å². The standard InChI is InChI=1S/C14H9BrClNO4/c15-11-2-1-9(13(6-11)17(19)20)8-21-14-4-3-12(16)5-10(14)7-18/h1-7H,8H2. The minimum Gasteiger partial charge on any atom is -0.488 e. The molecule has 0 bridgehead atoms. The summed E-state index contributed by atoms with van der Waals surface area (Å²) in [6, 6.07) is 9.30. The lowest BCUT2D eigenvalue weighted by atomic mass is 10.2. The molecule has 108 valence electrons. The summed E-state index contributed by atoms with van der Waals surface area (Å²) in [5.41, 5.74) is 0.656. The van der Waals surface area contributed by atoms with Crippen molar-refractivity contribution in [1.29, 1.82) is 0 Å². The van der Waals surface area contributed by atoms with Crippen LogP contribution >= 0.6 is 27.5 Å². The number of hydrogen-bond donors (Lipinski definition) is 0. The van der Waals surface area contributed by atoms with E-state index in [1.54, 1.807) is 24.3 Å². The Morgan fingerprint density at radius 3 is 2.71 bits per heavy atom. The topological polar surface area (TPSA) is 69.4 Å². The van der Waals surface area contributed by atoms with E-state index < -0.39 is 4.92 Å². The van der Waals surface area contributed by atoms with Crippen LogP contribution < -0.4 is 4.74 Å². The number of ether oxygens (including phenoxy) is 1. The normalized spacial score (nSPS) is 10.2. The van der Waals surface area contributed by atoms with Gasteiger partial charge in [-0.15, -0.1) is 0 Å². The summed E-state index contributed by atoms with van der Waals surface area (Å²) in [7, 11) is 0. The van der Waals surface area contributed by atoms with Gasteiger partial charge in [0.05, 0.1) is 16.1 Å². The molecule has 21 heavy (non-hydrogen) atoms. The Morgan fingerprint density at radius 2 is 2.05 bits per heavy atom. The van der Waals surface area contributed by atoms with E-state index in [-0.39, 0.29) is 12.3 Å². The molecule has 0 fully saturated rings. The summed E-state index contributed by atoms with van der Waals surface area (Å²) in [5.74, 6) is 0.326. The average Bonchev–Trinajstić information content (AvgIpc) is 2.46. The van der Waals surface area contributed by atoms with Crippen molar-refractivity contribution >= 4 is 39.5 Å². The molecule has 0 unspecified atom stereocenters. The van der Waals surface area contributed by atoms with Crippen molar-refractivity contribution in [2.24, 2.45) is 0 Å². The third-order valence-corrected chi connectivity index (χ3v) is 3.45. The number of nitrogens with zero attached hydrogens (tertiary/aromatic N) is 1. The molecule has 2 aromatic carbocycles. The minimum absolute atomic E-state index is 0.0218. The number of hydrogen-bond acceptors (Lipinski definition) is 4. The lowest BCUT2D eigenvalue weighted by Crippen LogP contribution is -2.02. The van der Waals surface area contributed by atoms with Crippen molar-refractivity contribution < 1.29 is 14.5 Å². The number of nitro benzene ring substituents is 1. The van der Waals surface area contributed by atoms with E-state index in [9.17, 15) is 14.9 Å². The fourth-order valence-corrected chi connectivity index (χ4v) is 2.26. The van der Waals surface area contributed by atoms with Crippen LogP contribution in [0.1, 0.15) is 15.9 Å². The first kappa shape index (κ1) is 15.5. The van der Waals surface area contributed by atoms with Gasteiger partial charge in [-0.1, -0.05) is 27.5 Å². The average molecular weight is 371 g/mol. The highest BCUT2D eigenvalue weighted by molar-refractivity contribution is 9.10. The highest BCUT2D eigenvalue weighted by atomic mass is 79.9. The number of halogens is 2. The molecule has 0 aliphatic heterocycles. The second-order valence-corrected chi connectivity index (χ2v) is 5.47. The van der Waals surface area contributed by atoms with Crippen molar-refractivity contribution in [2.45, 2.75) is 6.61 Å². The first-order chi connectivity index (χ1) is 10.0. The minimum atomic E-state index is -0.480. The smallest absolute Gasteiger partial charge is 0.277 e. The van der Waals surface area contributed by atoms with Gasteiger partial charge in [0, 0.05) is 15.6 Å². The summed E-state index contributed by atoms with van der Waals surface area (Å²) in [6.07, 6.45) is 0.622. The molecule has 0 heterocycles. The molecule has 0 amide bonds. The molecule has 5 nitrogen and oxygen atoms in total. The first-order valence-corrected chi connectivity index (χ1v) is 6.98. The highest BCUT2D eigenvalue weighted by Crippen LogP contribution is 2.26. The summed E-state index contributed by atoms with van der Waals surface area (Å²) in [4.78, 5) is 21.5. The molecule has 0 atom stereocenters. The van der Waals surface area contributed by atoms with Crippen LogP contribution in [0.2, 0.25) is 5.02 Å². The zero-order valence-electron chi connectivity index (χ0n) is 10.6. The zero-order chi connectivity index (χ0) is 15.4. The molecule has 0 saturated heterocycles. The van der Waals surface area contributed by atoms with Gasteiger partial charge < -0.3 is 4.74 Å². The molecule has 7 heteroatoms. The molecular formula is C14H9BrClNO4. The predicted octanol–water partition coefficient (Wildman–Crippen LogP) is 4.40. The Bertz CT molecular complexity index is 705. The number of carbonyl (C=O) groups is 1. The maximum atomic E-state index is 11.0. The Hall–Kier alpha value is -1.92. The van der Waals surface area contributed by atoms with Gasteiger partial charge in [-0.2, -0.15) is 0 Å². The van der Waals surface area contributed by atoms with Crippen LogP contribution in [0.4, 0.5) is 5.69 Å². The lowest BCUT2D eigenvalue weighted by Gasteiger charge is -2.09. The van der Waals surface area contributed by atoms with Gasteiger partial charge in [-0.05, 0) is 30.3 Å². The molecule has 2 aromatic rings. The fraction of sp³-hybridized carbons (Fsp3) is 0.0714. The Labute approximate surface area is 133 Å². The van der Waals surface area contributed by atoms with Crippen LogP contribution in [0.25, 0.3) is 0 Å². The second-order valence-electron chi connectivity index (χ2n) is 4.12. The van der Waals surface area contributed by atoms with E-state index in [2.05, 4.69) is 15.9 Å². The number of rotatable bonds is 5. The van der Waals surface area contributed by atoms with Crippen molar-refractivity contribution in [3.05, 3.63) is 67.1 Å². The molecule has 0 saturated carbocycles. The van der Waals surface area contributed by atoms with Gasteiger partial charge in [0.25, 0.3) is 5.69 Å². The molecule has 0 aromatic heterocycles. The van der Waals surface area contributed by atoms with Gasteiger partial charge in [0.1, 0.15) is 12.4 Å².